The highest BCUT2D eigenvalue weighted by Gasteiger charge is 2.05. The summed E-state index contributed by atoms with van der Waals surface area (Å²) in [6.07, 6.45) is 2.87. The van der Waals surface area contributed by atoms with Crippen molar-refractivity contribution in [1.29, 1.82) is 5.26 Å². The molecule has 1 rings (SSSR count). The van der Waals surface area contributed by atoms with Crippen LogP contribution in [0.25, 0.3) is 0 Å². The van der Waals surface area contributed by atoms with Gasteiger partial charge in [0.1, 0.15) is 11.8 Å². The Bertz CT molecular complexity index is 395. The second kappa shape index (κ2) is 7.80. The lowest BCUT2D eigenvalue weighted by atomic mass is 10.2. The Kier molecular flexibility index (Phi) is 6.34. The lowest BCUT2D eigenvalue weighted by Gasteiger charge is -2.21. The fourth-order valence-corrected chi connectivity index (χ4v) is 1.85. The molecule has 18 heavy (non-hydrogen) atoms. The first-order chi connectivity index (χ1) is 8.65. The third-order valence-electron chi connectivity index (χ3n) is 2.87. The smallest absolute Gasteiger partial charge is 0.140 e. The summed E-state index contributed by atoms with van der Waals surface area (Å²) in [5.41, 5.74) is 1.66. The van der Waals surface area contributed by atoms with Crippen LogP contribution in [-0.2, 0) is 6.54 Å². The predicted octanol–water partition coefficient (Wildman–Crippen LogP) is 1.73. The van der Waals surface area contributed by atoms with Crippen molar-refractivity contribution in [1.82, 2.24) is 14.8 Å². The zero-order chi connectivity index (χ0) is 13.4. The van der Waals surface area contributed by atoms with Gasteiger partial charge in [-0.15, -0.1) is 0 Å². The summed E-state index contributed by atoms with van der Waals surface area (Å²) in [4.78, 5) is 8.58. The van der Waals surface area contributed by atoms with Crippen molar-refractivity contribution in [2.24, 2.45) is 0 Å². The third kappa shape index (κ3) is 5.26. The van der Waals surface area contributed by atoms with Crippen molar-refractivity contribution in [3.05, 3.63) is 29.6 Å². The molecule has 0 aromatic carbocycles. The SMILES string of the molecule is CCN(CCCN(C)C)Cc1ccnc(C#N)c1. The van der Waals surface area contributed by atoms with Crippen LogP contribution in [0.15, 0.2) is 18.3 Å². The van der Waals surface area contributed by atoms with Crippen molar-refractivity contribution in [3.8, 4) is 6.07 Å². The van der Waals surface area contributed by atoms with Gasteiger partial charge in [0.2, 0.25) is 0 Å². The van der Waals surface area contributed by atoms with E-state index in [-0.39, 0.29) is 0 Å². The van der Waals surface area contributed by atoms with Gasteiger partial charge >= 0.3 is 0 Å². The monoisotopic (exact) mass is 246 g/mol. The highest BCUT2D eigenvalue weighted by atomic mass is 15.1. The molecular weight excluding hydrogens is 224 g/mol. The van der Waals surface area contributed by atoms with Gasteiger partial charge in [0.05, 0.1) is 0 Å². The highest BCUT2D eigenvalue weighted by Crippen LogP contribution is 2.06. The van der Waals surface area contributed by atoms with E-state index in [4.69, 9.17) is 5.26 Å². The van der Waals surface area contributed by atoms with E-state index in [2.05, 4.69) is 41.9 Å². The number of aromatic nitrogens is 1. The van der Waals surface area contributed by atoms with Crippen LogP contribution in [0.5, 0.6) is 0 Å². The van der Waals surface area contributed by atoms with Crippen LogP contribution in [0.4, 0.5) is 0 Å². The maximum atomic E-state index is 8.82. The Morgan fingerprint density at radius 2 is 2.11 bits per heavy atom. The van der Waals surface area contributed by atoms with E-state index in [9.17, 15) is 0 Å². The second-order valence-corrected chi connectivity index (χ2v) is 4.69. The number of nitriles is 1. The molecule has 0 atom stereocenters. The molecule has 0 saturated carbocycles. The average Bonchev–Trinajstić information content (AvgIpc) is 2.37. The van der Waals surface area contributed by atoms with Gasteiger partial charge in [0.15, 0.2) is 0 Å². The molecule has 1 heterocycles. The van der Waals surface area contributed by atoms with Gasteiger partial charge in [0.25, 0.3) is 0 Å². The number of nitrogens with zero attached hydrogens (tertiary/aromatic N) is 4. The fourth-order valence-electron chi connectivity index (χ4n) is 1.85. The minimum atomic E-state index is 0.497. The summed E-state index contributed by atoms with van der Waals surface area (Å²) >= 11 is 0. The molecule has 0 unspecified atom stereocenters. The van der Waals surface area contributed by atoms with Crippen molar-refractivity contribution >= 4 is 0 Å². The molecule has 0 aliphatic carbocycles. The van der Waals surface area contributed by atoms with Gasteiger partial charge in [-0.25, -0.2) is 4.98 Å². The molecule has 1 aromatic rings. The standard InChI is InChI=1S/C14H22N4/c1-4-18(9-5-8-17(2)3)12-13-6-7-16-14(10-13)11-15/h6-7,10H,4-5,8-9,12H2,1-3H3. The third-order valence-corrected chi connectivity index (χ3v) is 2.87. The van der Waals surface area contributed by atoms with E-state index in [1.165, 1.54) is 0 Å². The number of hydrogen-bond acceptors (Lipinski definition) is 4. The van der Waals surface area contributed by atoms with Crippen LogP contribution in [0.3, 0.4) is 0 Å². The lowest BCUT2D eigenvalue weighted by molar-refractivity contribution is 0.259. The largest absolute Gasteiger partial charge is 0.309 e. The summed E-state index contributed by atoms with van der Waals surface area (Å²) in [6.45, 7) is 6.27. The molecule has 4 heteroatoms. The molecule has 0 saturated heterocycles. The van der Waals surface area contributed by atoms with Crippen LogP contribution < -0.4 is 0 Å². The Labute approximate surface area is 110 Å². The molecule has 4 nitrogen and oxygen atoms in total. The Hall–Kier alpha value is -1.44. The summed E-state index contributed by atoms with van der Waals surface area (Å²) < 4.78 is 0. The van der Waals surface area contributed by atoms with E-state index in [1.54, 1.807) is 6.20 Å². The summed E-state index contributed by atoms with van der Waals surface area (Å²) in [5.74, 6) is 0. The van der Waals surface area contributed by atoms with Crippen LogP contribution in [-0.4, -0.2) is 48.5 Å². The van der Waals surface area contributed by atoms with Crippen molar-refractivity contribution < 1.29 is 0 Å². The topological polar surface area (TPSA) is 43.2 Å². The quantitative estimate of drug-likeness (QED) is 0.735. The van der Waals surface area contributed by atoms with Gasteiger partial charge in [-0.05, 0) is 57.8 Å². The Morgan fingerprint density at radius 1 is 1.33 bits per heavy atom. The molecule has 1 aromatic heterocycles. The Balaban J connectivity index is 2.49. The molecule has 0 bridgehead atoms. The van der Waals surface area contributed by atoms with Crippen LogP contribution in [0, 0.1) is 11.3 Å². The van der Waals surface area contributed by atoms with Gasteiger partial charge in [-0.2, -0.15) is 5.26 Å². The molecule has 0 fully saturated rings. The van der Waals surface area contributed by atoms with Crippen molar-refractivity contribution in [2.45, 2.75) is 19.9 Å². The molecule has 0 radical (unpaired) electrons. The minimum absolute atomic E-state index is 0.497. The first kappa shape index (κ1) is 14.6. The molecule has 0 aliphatic rings. The number of pyridine rings is 1. The molecule has 0 aliphatic heterocycles. The molecule has 0 amide bonds. The van der Waals surface area contributed by atoms with Crippen molar-refractivity contribution in [2.75, 3.05) is 33.7 Å². The first-order valence-electron chi connectivity index (χ1n) is 6.37. The number of rotatable bonds is 7. The fraction of sp³-hybridized carbons (Fsp3) is 0.571. The predicted molar refractivity (Wildman–Crippen MR) is 73.1 cm³/mol. The van der Waals surface area contributed by atoms with Gasteiger partial charge in [-0.3, -0.25) is 4.90 Å². The summed E-state index contributed by atoms with van der Waals surface area (Å²) in [7, 11) is 4.19. The van der Waals surface area contributed by atoms with Gasteiger partial charge in [0, 0.05) is 12.7 Å². The van der Waals surface area contributed by atoms with Gasteiger partial charge < -0.3 is 4.90 Å². The zero-order valence-corrected chi connectivity index (χ0v) is 11.6. The number of hydrogen-bond donors (Lipinski definition) is 0. The van der Waals surface area contributed by atoms with E-state index in [1.807, 2.05) is 12.1 Å². The van der Waals surface area contributed by atoms with E-state index in [0.717, 1.165) is 38.2 Å². The zero-order valence-electron chi connectivity index (χ0n) is 11.6. The van der Waals surface area contributed by atoms with Crippen LogP contribution in [0.2, 0.25) is 0 Å². The van der Waals surface area contributed by atoms with Crippen LogP contribution >= 0.6 is 0 Å². The van der Waals surface area contributed by atoms with E-state index in [0.29, 0.717) is 5.69 Å². The summed E-state index contributed by atoms with van der Waals surface area (Å²) in [5, 5.41) is 8.82. The molecule has 0 N–H and O–H groups in total. The normalized spacial score (nSPS) is 10.9. The molecule has 98 valence electrons. The highest BCUT2D eigenvalue weighted by molar-refractivity contribution is 5.25. The maximum absolute atomic E-state index is 8.82. The Morgan fingerprint density at radius 3 is 2.72 bits per heavy atom. The van der Waals surface area contributed by atoms with E-state index < -0.39 is 0 Å². The van der Waals surface area contributed by atoms with Crippen molar-refractivity contribution in [3.63, 3.8) is 0 Å². The summed E-state index contributed by atoms with van der Waals surface area (Å²) in [6, 6.07) is 5.93. The van der Waals surface area contributed by atoms with Gasteiger partial charge in [-0.1, -0.05) is 6.92 Å². The average molecular weight is 246 g/mol. The molecular formula is C14H22N4. The second-order valence-electron chi connectivity index (χ2n) is 4.69. The lowest BCUT2D eigenvalue weighted by Crippen LogP contribution is -2.26. The first-order valence-corrected chi connectivity index (χ1v) is 6.37. The minimum Gasteiger partial charge on any atom is -0.309 e. The van der Waals surface area contributed by atoms with E-state index >= 15 is 0 Å². The van der Waals surface area contributed by atoms with Crippen LogP contribution in [0.1, 0.15) is 24.6 Å². The molecule has 0 spiro atoms. The maximum Gasteiger partial charge on any atom is 0.140 e.